The second kappa shape index (κ2) is 10.2. The molecule has 3 heterocycles. The lowest BCUT2D eigenvalue weighted by atomic mass is 9.85. The molecule has 3 aromatic rings. The van der Waals surface area contributed by atoms with Crippen molar-refractivity contribution in [3.05, 3.63) is 48.0 Å². The Morgan fingerprint density at radius 2 is 2.03 bits per heavy atom. The van der Waals surface area contributed by atoms with Gasteiger partial charge in [-0.3, -0.25) is 9.59 Å². The second-order valence-electron chi connectivity index (χ2n) is 11.2. The van der Waals surface area contributed by atoms with Crippen LogP contribution in [0, 0.1) is 5.41 Å². The van der Waals surface area contributed by atoms with Gasteiger partial charge in [-0.1, -0.05) is 43.3 Å². The third-order valence-corrected chi connectivity index (χ3v) is 7.09. The maximum atomic E-state index is 13.8. The predicted octanol–water partition coefficient (Wildman–Crippen LogP) is 2.68. The molecule has 1 aliphatic heterocycles. The fraction of sp³-hybridized carbons (Fsp3) is 0.519. The van der Waals surface area contributed by atoms with Gasteiger partial charge in [0.25, 0.3) is 0 Å². The highest BCUT2D eigenvalue weighted by molar-refractivity contribution is 5.90. The van der Waals surface area contributed by atoms with Crippen LogP contribution in [0.15, 0.2) is 41.1 Å². The van der Waals surface area contributed by atoms with E-state index >= 15 is 0 Å². The summed E-state index contributed by atoms with van der Waals surface area (Å²) in [6.45, 7) is 6.04. The number of hydrogen-bond donors (Lipinski definition) is 2. The van der Waals surface area contributed by atoms with Crippen LogP contribution in [0.2, 0.25) is 0 Å². The van der Waals surface area contributed by atoms with Crippen molar-refractivity contribution in [2.45, 2.75) is 70.7 Å². The third kappa shape index (κ3) is 5.28. The number of rotatable bonds is 8. The van der Waals surface area contributed by atoms with Gasteiger partial charge in [-0.15, -0.1) is 5.10 Å². The number of β-amino-alcohol motifs (C(OH)–C–C–N with tert-alkyl or cyclic N) is 1. The molecule has 0 bridgehead atoms. The van der Waals surface area contributed by atoms with Crippen LogP contribution in [0.5, 0.6) is 5.75 Å². The van der Waals surface area contributed by atoms with E-state index in [2.05, 4.69) is 20.8 Å². The number of aromatic nitrogens is 4. The Morgan fingerprint density at radius 3 is 2.74 bits per heavy atom. The minimum Gasteiger partial charge on any atom is -0.496 e. The molecule has 11 heteroatoms. The van der Waals surface area contributed by atoms with Crippen molar-refractivity contribution in [1.82, 2.24) is 30.4 Å². The molecule has 38 heavy (non-hydrogen) atoms. The Labute approximate surface area is 221 Å². The topological polar surface area (TPSA) is 136 Å². The maximum Gasteiger partial charge on any atom is 0.248 e. The second-order valence-corrected chi connectivity index (χ2v) is 11.2. The Bertz CT molecular complexity index is 1310. The highest BCUT2D eigenvalue weighted by Gasteiger charge is 2.45. The van der Waals surface area contributed by atoms with Crippen molar-refractivity contribution < 1.29 is 24.0 Å². The Morgan fingerprint density at radius 1 is 1.26 bits per heavy atom. The van der Waals surface area contributed by atoms with Crippen molar-refractivity contribution in [2.24, 2.45) is 5.41 Å². The van der Waals surface area contributed by atoms with Gasteiger partial charge in [0.2, 0.25) is 11.8 Å². The van der Waals surface area contributed by atoms with Crippen LogP contribution < -0.4 is 10.1 Å². The SMILES string of the molecule is COc1ccccc1-c1cc(CNC(=O)C2CC(O)CN2C(=O)[C@@H](n2cc(C3CC3)nn2)C(C)(C)C)on1. The van der Waals surface area contributed by atoms with Gasteiger partial charge in [0.05, 0.1) is 25.5 Å². The average molecular weight is 523 g/mol. The molecule has 5 rings (SSSR count). The van der Waals surface area contributed by atoms with E-state index in [1.54, 1.807) is 17.9 Å². The smallest absolute Gasteiger partial charge is 0.248 e. The number of nitrogens with one attached hydrogen (secondary N) is 1. The van der Waals surface area contributed by atoms with E-state index in [-0.39, 0.29) is 31.3 Å². The molecule has 1 saturated heterocycles. The molecule has 3 atom stereocenters. The van der Waals surface area contributed by atoms with Crippen molar-refractivity contribution in [2.75, 3.05) is 13.7 Å². The molecule has 0 radical (unpaired) electrons. The van der Waals surface area contributed by atoms with Gasteiger partial charge in [-0.2, -0.15) is 0 Å². The zero-order valence-corrected chi connectivity index (χ0v) is 22.1. The number of hydrogen-bond acceptors (Lipinski definition) is 8. The van der Waals surface area contributed by atoms with Gasteiger partial charge in [0, 0.05) is 36.7 Å². The minimum atomic E-state index is -0.814. The largest absolute Gasteiger partial charge is 0.496 e. The fourth-order valence-electron chi connectivity index (χ4n) is 5.00. The quantitative estimate of drug-likeness (QED) is 0.461. The molecular weight excluding hydrogens is 488 g/mol. The van der Waals surface area contributed by atoms with Gasteiger partial charge < -0.3 is 24.6 Å². The van der Waals surface area contributed by atoms with E-state index in [1.165, 1.54) is 4.90 Å². The van der Waals surface area contributed by atoms with Crippen LogP contribution in [0.4, 0.5) is 0 Å². The highest BCUT2D eigenvalue weighted by atomic mass is 16.5. The molecule has 202 valence electrons. The van der Waals surface area contributed by atoms with Crippen LogP contribution in [0.25, 0.3) is 11.3 Å². The van der Waals surface area contributed by atoms with Gasteiger partial charge in [-0.05, 0) is 30.4 Å². The molecule has 2 N–H and O–H groups in total. The van der Waals surface area contributed by atoms with E-state index in [4.69, 9.17) is 9.26 Å². The third-order valence-electron chi connectivity index (χ3n) is 7.09. The molecule has 1 aliphatic carbocycles. The molecule has 11 nitrogen and oxygen atoms in total. The summed E-state index contributed by atoms with van der Waals surface area (Å²) in [4.78, 5) is 28.5. The standard InChI is InChI=1S/C27H34N6O5/c1-27(2,3)24(33-15-21(29-31-33)16-9-10-16)26(36)32-14-17(34)11-22(32)25(35)28-13-18-12-20(30-38-18)19-7-5-6-8-23(19)37-4/h5-8,12,15-17,22,24,34H,9-11,13-14H2,1-4H3,(H,28,35)/t17?,22?,24-/m1/s1. The summed E-state index contributed by atoms with van der Waals surface area (Å²) < 4.78 is 12.4. The number of aliphatic hydroxyl groups excluding tert-OH is 1. The predicted molar refractivity (Wildman–Crippen MR) is 137 cm³/mol. The molecule has 2 unspecified atom stereocenters. The molecule has 0 spiro atoms. The summed E-state index contributed by atoms with van der Waals surface area (Å²) in [6, 6.07) is 7.71. The fourth-order valence-corrected chi connectivity index (χ4v) is 5.00. The number of aliphatic hydroxyl groups is 1. The van der Waals surface area contributed by atoms with Crippen molar-refractivity contribution >= 4 is 11.8 Å². The molecule has 2 aliphatic rings. The maximum absolute atomic E-state index is 13.8. The summed E-state index contributed by atoms with van der Waals surface area (Å²) in [5.41, 5.74) is 1.77. The van der Waals surface area contributed by atoms with Crippen LogP contribution in [-0.4, -0.2) is 67.8 Å². The minimum absolute atomic E-state index is 0.0773. The van der Waals surface area contributed by atoms with Gasteiger partial charge in [0.1, 0.15) is 23.5 Å². The summed E-state index contributed by atoms with van der Waals surface area (Å²) >= 11 is 0. The Kier molecular flexibility index (Phi) is 6.95. The number of carbonyl (C=O) groups is 2. The normalized spacial score (nSPS) is 20.4. The number of amides is 2. The number of ether oxygens (including phenoxy) is 1. The first kappa shape index (κ1) is 25.9. The first-order valence-corrected chi connectivity index (χ1v) is 12.9. The summed E-state index contributed by atoms with van der Waals surface area (Å²) in [5, 5.41) is 25.9. The van der Waals surface area contributed by atoms with Crippen molar-refractivity contribution in [3.8, 4) is 17.0 Å². The van der Waals surface area contributed by atoms with E-state index in [0.29, 0.717) is 23.1 Å². The lowest BCUT2D eigenvalue weighted by Gasteiger charge is -2.34. The van der Waals surface area contributed by atoms with Crippen molar-refractivity contribution in [3.63, 3.8) is 0 Å². The zero-order chi connectivity index (χ0) is 27.0. The Balaban J connectivity index is 1.29. The number of likely N-dealkylation sites (tertiary alicyclic amines) is 1. The van der Waals surface area contributed by atoms with E-state index in [1.807, 2.05) is 51.2 Å². The average Bonchev–Trinajstić information content (AvgIpc) is 3.26. The summed E-state index contributed by atoms with van der Waals surface area (Å²) in [5.74, 6) is 0.898. The molecule has 2 fully saturated rings. The number of benzene rings is 1. The van der Waals surface area contributed by atoms with Gasteiger partial charge >= 0.3 is 0 Å². The number of carbonyl (C=O) groups excluding carboxylic acids is 2. The first-order chi connectivity index (χ1) is 18.2. The molecule has 2 aromatic heterocycles. The molecule has 2 amide bonds. The summed E-state index contributed by atoms with van der Waals surface area (Å²) in [6.07, 6.45) is 3.37. The highest BCUT2D eigenvalue weighted by Crippen LogP contribution is 2.40. The van der Waals surface area contributed by atoms with E-state index in [9.17, 15) is 14.7 Å². The van der Waals surface area contributed by atoms with E-state index in [0.717, 1.165) is 24.1 Å². The molecular formula is C27H34N6O5. The molecule has 1 saturated carbocycles. The number of nitrogens with zero attached hydrogens (tertiary/aromatic N) is 5. The lowest BCUT2D eigenvalue weighted by molar-refractivity contribution is -0.144. The first-order valence-electron chi connectivity index (χ1n) is 12.9. The van der Waals surface area contributed by atoms with Gasteiger partial charge in [0.15, 0.2) is 5.76 Å². The lowest BCUT2D eigenvalue weighted by Crippen LogP contribution is -2.50. The van der Waals surface area contributed by atoms with Crippen LogP contribution >= 0.6 is 0 Å². The van der Waals surface area contributed by atoms with Crippen molar-refractivity contribution in [1.29, 1.82) is 0 Å². The van der Waals surface area contributed by atoms with Gasteiger partial charge in [-0.25, -0.2) is 4.68 Å². The van der Waals surface area contributed by atoms with Crippen LogP contribution in [-0.2, 0) is 16.1 Å². The Hall–Kier alpha value is -3.73. The van der Waals surface area contributed by atoms with E-state index < -0.39 is 23.6 Å². The number of methoxy groups -OCH3 is 1. The van der Waals surface area contributed by atoms with Crippen LogP contribution in [0.3, 0.4) is 0 Å². The zero-order valence-electron chi connectivity index (χ0n) is 22.1. The summed E-state index contributed by atoms with van der Waals surface area (Å²) in [7, 11) is 1.59. The number of para-hydroxylation sites is 1. The van der Waals surface area contributed by atoms with Crippen LogP contribution in [0.1, 0.15) is 63.4 Å². The monoisotopic (exact) mass is 522 g/mol. The molecule has 1 aromatic carbocycles.